The van der Waals surface area contributed by atoms with E-state index in [1.54, 1.807) is 25.2 Å². The van der Waals surface area contributed by atoms with E-state index in [9.17, 15) is 13.6 Å². The smallest absolute Gasteiger partial charge is 0.411 e. The van der Waals surface area contributed by atoms with Crippen molar-refractivity contribution in [3.05, 3.63) is 58.6 Å². The SMILES string of the molecule is CN=C(NCc1ccc(NC(=O)OC)cc1)NCc1cc(Cl)ccc1OC(F)F.I. The van der Waals surface area contributed by atoms with E-state index in [0.29, 0.717) is 28.8 Å². The van der Waals surface area contributed by atoms with Gasteiger partial charge >= 0.3 is 12.7 Å². The van der Waals surface area contributed by atoms with Gasteiger partial charge in [0.05, 0.1) is 7.11 Å². The first-order valence-electron chi connectivity index (χ1n) is 8.53. The summed E-state index contributed by atoms with van der Waals surface area (Å²) in [6.45, 7) is -2.29. The quantitative estimate of drug-likeness (QED) is 0.265. The molecule has 0 spiro atoms. The highest BCUT2D eigenvalue weighted by Crippen LogP contribution is 2.24. The second-order valence-corrected chi connectivity index (χ2v) is 6.16. The van der Waals surface area contributed by atoms with E-state index in [1.807, 2.05) is 12.1 Å². The fourth-order valence-electron chi connectivity index (χ4n) is 2.36. The van der Waals surface area contributed by atoms with E-state index in [-0.39, 0.29) is 36.3 Å². The molecule has 0 fully saturated rings. The molecule has 0 saturated heterocycles. The van der Waals surface area contributed by atoms with E-state index in [2.05, 4.69) is 30.4 Å². The number of benzene rings is 2. The van der Waals surface area contributed by atoms with Gasteiger partial charge in [-0.05, 0) is 35.9 Å². The van der Waals surface area contributed by atoms with Crippen LogP contribution in [0, 0.1) is 0 Å². The highest BCUT2D eigenvalue weighted by molar-refractivity contribution is 14.0. The van der Waals surface area contributed by atoms with Gasteiger partial charge in [-0.2, -0.15) is 8.78 Å². The van der Waals surface area contributed by atoms with Crippen LogP contribution in [0.25, 0.3) is 0 Å². The zero-order valence-corrected chi connectivity index (χ0v) is 19.3. The van der Waals surface area contributed by atoms with Crippen molar-refractivity contribution >= 4 is 53.3 Å². The Balaban J connectivity index is 0.00000450. The van der Waals surface area contributed by atoms with E-state index >= 15 is 0 Å². The topological polar surface area (TPSA) is 84.0 Å². The third kappa shape index (κ3) is 8.57. The Bertz CT molecular complexity index is 854. The van der Waals surface area contributed by atoms with Gasteiger partial charge in [0.1, 0.15) is 5.75 Å². The van der Waals surface area contributed by atoms with Crippen molar-refractivity contribution in [2.24, 2.45) is 4.99 Å². The van der Waals surface area contributed by atoms with Crippen LogP contribution in [0.1, 0.15) is 11.1 Å². The molecule has 0 aromatic heterocycles. The maximum atomic E-state index is 12.6. The highest BCUT2D eigenvalue weighted by atomic mass is 127. The van der Waals surface area contributed by atoms with Crippen LogP contribution in [0.2, 0.25) is 5.02 Å². The molecule has 2 rings (SSSR count). The van der Waals surface area contributed by atoms with Gasteiger partial charge in [-0.25, -0.2) is 4.79 Å². The molecule has 7 nitrogen and oxygen atoms in total. The number of rotatable bonds is 7. The Morgan fingerprint density at radius 2 is 1.80 bits per heavy atom. The number of hydrogen-bond donors (Lipinski definition) is 3. The lowest BCUT2D eigenvalue weighted by molar-refractivity contribution is -0.0504. The normalized spacial score (nSPS) is 10.8. The van der Waals surface area contributed by atoms with Gasteiger partial charge in [-0.1, -0.05) is 23.7 Å². The Kier molecular flexibility index (Phi) is 11.2. The summed E-state index contributed by atoms with van der Waals surface area (Å²) in [4.78, 5) is 15.3. The number of methoxy groups -OCH3 is 1. The number of aliphatic imine (C=N–C) groups is 1. The molecule has 0 heterocycles. The standard InChI is InChI=1S/C19H21ClF2N4O3.HI/c1-23-18(24-10-12-3-6-15(7-4-12)26-19(27)28-2)25-11-13-9-14(20)5-8-16(13)29-17(21)22;/h3-9,17H,10-11H2,1-2H3,(H,26,27)(H2,23,24,25);1H. The van der Waals surface area contributed by atoms with Gasteiger partial charge in [0, 0.05) is 36.4 Å². The van der Waals surface area contributed by atoms with Crippen molar-refractivity contribution in [3.63, 3.8) is 0 Å². The molecule has 11 heteroatoms. The molecule has 0 aliphatic rings. The van der Waals surface area contributed by atoms with Crippen molar-refractivity contribution in [2.75, 3.05) is 19.5 Å². The minimum absolute atomic E-state index is 0. The Hall–Kier alpha value is -2.34. The summed E-state index contributed by atoms with van der Waals surface area (Å²) in [7, 11) is 2.88. The number of carbonyl (C=O) groups excluding carboxylic acids is 1. The lowest BCUT2D eigenvalue weighted by Gasteiger charge is -2.15. The molecule has 0 saturated carbocycles. The number of hydrogen-bond acceptors (Lipinski definition) is 4. The van der Waals surface area contributed by atoms with E-state index in [4.69, 9.17) is 11.6 Å². The van der Waals surface area contributed by atoms with E-state index in [0.717, 1.165) is 5.56 Å². The Labute approximate surface area is 195 Å². The van der Waals surface area contributed by atoms with Crippen LogP contribution in [0.4, 0.5) is 19.3 Å². The molecule has 0 radical (unpaired) electrons. The van der Waals surface area contributed by atoms with Gasteiger partial charge in [-0.3, -0.25) is 10.3 Å². The second kappa shape index (κ2) is 13.1. The summed E-state index contributed by atoms with van der Waals surface area (Å²) in [5.74, 6) is 0.505. The molecule has 2 aromatic rings. The number of carbonyl (C=O) groups is 1. The summed E-state index contributed by atoms with van der Waals surface area (Å²) in [6, 6.07) is 11.6. The molecular formula is C19H22ClF2IN4O3. The second-order valence-electron chi connectivity index (χ2n) is 5.72. The van der Waals surface area contributed by atoms with Crippen LogP contribution in [0.5, 0.6) is 5.75 Å². The fraction of sp³-hybridized carbons (Fsp3) is 0.263. The van der Waals surface area contributed by atoms with Crippen LogP contribution < -0.4 is 20.7 Å². The molecule has 2 aromatic carbocycles. The third-order valence-electron chi connectivity index (χ3n) is 3.75. The zero-order chi connectivity index (χ0) is 21.2. The molecular weight excluding hydrogens is 533 g/mol. The number of alkyl halides is 2. The van der Waals surface area contributed by atoms with Gasteiger partial charge in [0.15, 0.2) is 5.96 Å². The lowest BCUT2D eigenvalue weighted by Crippen LogP contribution is -2.36. The van der Waals surface area contributed by atoms with Crippen LogP contribution in [0.3, 0.4) is 0 Å². The predicted octanol–water partition coefficient (Wildman–Crippen LogP) is 4.60. The van der Waals surface area contributed by atoms with E-state index in [1.165, 1.54) is 19.2 Å². The number of anilines is 1. The minimum atomic E-state index is -2.93. The number of nitrogens with one attached hydrogen (secondary N) is 3. The zero-order valence-electron chi connectivity index (χ0n) is 16.2. The van der Waals surface area contributed by atoms with Crippen LogP contribution in [-0.4, -0.2) is 32.8 Å². The van der Waals surface area contributed by atoms with Crippen molar-refractivity contribution in [3.8, 4) is 5.75 Å². The molecule has 0 unspecified atom stereocenters. The molecule has 0 atom stereocenters. The predicted molar refractivity (Wildman–Crippen MR) is 123 cm³/mol. The number of guanidine groups is 1. The molecule has 0 aliphatic carbocycles. The van der Waals surface area contributed by atoms with Gasteiger partial charge < -0.3 is 20.1 Å². The molecule has 3 N–H and O–H groups in total. The maximum Gasteiger partial charge on any atom is 0.411 e. The summed E-state index contributed by atoms with van der Waals surface area (Å²) in [5.41, 5.74) is 2.02. The van der Waals surface area contributed by atoms with Gasteiger partial charge in [0.25, 0.3) is 0 Å². The average Bonchev–Trinajstić information content (AvgIpc) is 2.70. The number of amides is 1. The molecule has 1 amide bonds. The largest absolute Gasteiger partial charge is 0.453 e. The molecule has 164 valence electrons. The van der Waals surface area contributed by atoms with Crippen LogP contribution >= 0.6 is 35.6 Å². The van der Waals surface area contributed by atoms with Crippen molar-refractivity contribution in [1.82, 2.24) is 10.6 Å². The first-order chi connectivity index (χ1) is 13.9. The number of nitrogens with zero attached hydrogens (tertiary/aromatic N) is 1. The monoisotopic (exact) mass is 554 g/mol. The summed E-state index contributed by atoms with van der Waals surface area (Å²) in [6.07, 6.45) is -0.545. The van der Waals surface area contributed by atoms with E-state index < -0.39 is 12.7 Å². The average molecular weight is 555 g/mol. The summed E-state index contributed by atoms with van der Waals surface area (Å²) in [5, 5.41) is 9.10. The molecule has 0 aliphatic heterocycles. The van der Waals surface area contributed by atoms with Crippen molar-refractivity contribution in [1.29, 1.82) is 0 Å². The van der Waals surface area contributed by atoms with Crippen molar-refractivity contribution in [2.45, 2.75) is 19.7 Å². The fourth-order valence-corrected chi connectivity index (χ4v) is 2.55. The van der Waals surface area contributed by atoms with Crippen LogP contribution in [-0.2, 0) is 17.8 Å². The molecule has 0 bridgehead atoms. The highest BCUT2D eigenvalue weighted by Gasteiger charge is 2.11. The Morgan fingerprint density at radius 1 is 1.13 bits per heavy atom. The lowest BCUT2D eigenvalue weighted by atomic mass is 10.2. The van der Waals surface area contributed by atoms with Gasteiger partial charge in [-0.15, -0.1) is 24.0 Å². The summed E-state index contributed by atoms with van der Waals surface area (Å²) < 4.78 is 34.1. The summed E-state index contributed by atoms with van der Waals surface area (Å²) >= 11 is 5.95. The minimum Gasteiger partial charge on any atom is -0.453 e. The molecule has 30 heavy (non-hydrogen) atoms. The van der Waals surface area contributed by atoms with Gasteiger partial charge in [0.2, 0.25) is 0 Å². The first-order valence-corrected chi connectivity index (χ1v) is 8.90. The number of halogens is 4. The number of ether oxygens (including phenoxy) is 2. The third-order valence-corrected chi connectivity index (χ3v) is 3.99. The first kappa shape index (κ1) is 25.7. The maximum absolute atomic E-state index is 12.6. The van der Waals surface area contributed by atoms with Crippen molar-refractivity contribution < 1.29 is 23.0 Å². The van der Waals surface area contributed by atoms with Crippen LogP contribution in [0.15, 0.2) is 47.5 Å². The Morgan fingerprint density at radius 3 is 2.40 bits per heavy atom.